The number of hydrogen-bond acceptors (Lipinski definition) is 1. The van der Waals surface area contributed by atoms with E-state index >= 15 is 0 Å². The van der Waals surface area contributed by atoms with E-state index in [0.29, 0.717) is 0 Å². The van der Waals surface area contributed by atoms with Crippen LogP contribution < -0.4 is 0 Å². The van der Waals surface area contributed by atoms with Gasteiger partial charge in [-0.25, -0.2) is 0 Å². The summed E-state index contributed by atoms with van der Waals surface area (Å²) in [5.41, 5.74) is -3.48. The summed E-state index contributed by atoms with van der Waals surface area (Å²) >= 11 is -0.628. The molecule has 0 N–H and O–H groups in total. The first-order chi connectivity index (χ1) is 11.9. The number of rotatable bonds is 4. The predicted octanol–water partition coefficient (Wildman–Crippen LogP) is 5.31. The zero-order chi connectivity index (χ0) is 19.8. The van der Waals surface area contributed by atoms with E-state index in [-0.39, 0.29) is 11.1 Å². The van der Waals surface area contributed by atoms with Crippen molar-refractivity contribution in [3.63, 3.8) is 0 Å². The molecule has 0 amide bonds. The van der Waals surface area contributed by atoms with Crippen LogP contribution in [-0.2, 0) is 22.6 Å². The molecule has 0 radical (unpaired) electrons. The van der Waals surface area contributed by atoms with E-state index in [0.717, 1.165) is 36.4 Å². The zero-order valence-corrected chi connectivity index (χ0v) is 15.4. The fraction of sp³-hybridized carbons (Fsp3) is 0.278. The summed E-state index contributed by atoms with van der Waals surface area (Å²) in [6, 6.07) is 8.33. The first-order valence-electron chi connectivity index (χ1n) is 7.34. The van der Waals surface area contributed by atoms with Crippen molar-refractivity contribution in [2.24, 2.45) is 0 Å². The first-order valence-corrected chi connectivity index (χ1v) is 9.91. The second-order valence-electron chi connectivity index (χ2n) is 5.77. The summed E-state index contributed by atoms with van der Waals surface area (Å²) in [5, 5.41) is 0. The number of carbonyl (C=O) groups is 1. The molecule has 140 valence electrons. The molecular formula is C18H14F6OSe. The van der Waals surface area contributed by atoms with E-state index in [1.807, 2.05) is 0 Å². The fourth-order valence-corrected chi connectivity index (χ4v) is 3.97. The van der Waals surface area contributed by atoms with Gasteiger partial charge in [-0.1, -0.05) is 0 Å². The molecule has 2 rings (SSSR count). The zero-order valence-electron chi connectivity index (χ0n) is 13.7. The number of halogens is 6. The maximum atomic E-state index is 13.0. The van der Waals surface area contributed by atoms with Gasteiger partial charge in [0.15, 0.2) is 0 Å². The van der Waals surface area contributed by atoms with Crippen LogP contribution >= 0.6 is 0 Å². The van der Waals surface area contributed by atoms with Gasteiger partial charge in [0.25, 0.3) is 0 Å². The van der Waals surface area contributed by atoms with Crippen LogP contribution in [-0.4, -0.2) is 19.6 Å². The molecule has 0 saturated heterocycles. The van der Waals surface area contributed by atoms with Gasteiger partial charge in [0.05, 0.1) is 0 Å². The van der Waals surface area contributed by atoms with Crippen molar-refractivity contribution in [3.8, 4) is 0 Å². The number of hydrogen-bond donors (Lipinski definition) is 0. The molecule has 26 heavy (non-hydrogen) atoms. The van der Waals surface area contributed by atoms with Crippen LogP contribution in [0.15, 0.2) is 48.5 Å². The normalized spacial score (nSPS) is 12.9. The van der Waals surface area contributed by atoms with Crippen molar-refractivity contribution in [3.05, 3.63) is 70.8 Å². The Hall–Kier alpha value is -1.79. The van der Waals surface area contributed by atoms with E-state index in [4.69, 9.17) is 0 Å². The van der Waals surface area contributed by atoms with Gasteiger partial charge in [0.2, 0.25) is 0 Å². The molecule has 1 nitrogen and oxygen atoms in total. The van der Waals surface area contributed by atoms with Crippen LogP contribution in [0.3, 0.4) is 0 Å². The molecule has 0 aliphatic heterocycles. The summed E-state index contributed by atoms with van der Waals surface area (Å²) in [6.45, 7) is 1.37. The Morgan fingerprint density at radius 3 is 1.42 bits per heavy atom. The van der Waals surface area contributed by atoms with Crippen molar-refractivity contribution in [2.45, 2.75) is 30.5 Å². The van der Waals surface area contributed by atoms with Crippen LogP contribution in [0.25, 0.3) is 0 Å². The number of alkyl halides is 6. The predicted molar refractivity (Wildman–Crippen MR) is 86.0 cm³/mol. The van der Waals surface area contributed by atoms with Gasteiger partial charge in [-0.2, -0.15) is 0 Å². The van der Waals surface area contributed by atoms with Crippen molar-refractivity contribution in [2.75, 3.05) is 0 Å². The fourth-order valence-electron chi connectivity index (χ4n) is 2.62. The molecule has 0 bridgehead atoms. The van der Waals surface area contributed by atoms with Crippen LogP contribution in [0.1, 0.15) is 29.2 Å². The third-order valence-electron chi connectivity index (χ3n) is 4.13. The molecule has 8 heteroatoms. The molecule has 0 unspecified atom stereocenters. The Kier molecular flexibility index (Phi) is 5.59. The number of carbonyl (C=O) groups excluding carboxylic acids is 1. The van der Waals surface area contributed by atoms with Crippen molar-refractivity contribution in [1.29, 1.82) is 0 Å². The summed E-state index contributed by atoms with van der Waals surface area (Å²) in [6.07, 6.45) is -9.24. The maximum absolute atomic E-state index is 13.0. The van der Waals surface area contributed by atoms with Gasteiger partial charge in [-0.05, 0) is 0 Å². The van der Waals surface area contributed by atoms with Crippen LogP contribution in [0.2, 0.25) is 5.82 Å². The topological polar surface area (TPSA) is 17.1 Å². The standard InChI is InChI=1S/C18H14F6OSe/c1-16(15(25)26-2,11-5-3-7-13(9-11)17(19,20)21)12-6-4-8-14(10-12)18(22,23)24/h3-10H,1-2H3. The van der Waals surface area contributed by atoms with E-state index in [1.54, 1.807) is 5.82 Å². The summed E-state index contributed by atoms with van der Waals surface area (Å²) in [7, 11) is 0. The molecule has 2 aromatic carbocycles. The number of benzene rings is 2. The molecule has 0 heterocycles. The van der Waals surface area contributed by atoms with Gasteiger partial charge < -0.3 is 0 Å². The monoisotopic (exact) mass is 440 g/mol. The third-order valence-corrected chi connectivity index (χ3v) is 5.76. The minimum atomic E-state index is -4.62. The average Bonchev–Trinajstić information content (AvgIpc) is 2.59. The molecule has 0 saturated carbocycles. The van der Waals surface area contributed by atoms with Gasteiger partial charge in [0.1, 0.15) is 0 Å². The Bertz CT molecular complexity index is 752. The summed E-state index contributed by atoms with van der Waals surface area (Å²) < 4.78 is 77.8. The SMILES string of the molecule is C[Se]C(=O)C(C)(c1cccc(C(F)(F)F)c1)c1cccc(C(F)(F)F)c1. The third kappa shape index (κ3) is 3.96. The molecule has 0 spiro atoms. The average molecular weight is 439 g/mol. The van der Waals surface area contributed by atoms with Gasteiger partial charge >= 0.3 is 152 Å². The minimum absolute atomic E-state index is 0.0142. The molecule has 0 aliphatic rings. The van der Waals surface area contributed by atoms with E-state index in [2.05, 4.69) is 0 Å². The molecule has 0 aliphatic carbocycles. The molecule has 0 atom stereocenters. The van der Waals surface area contributed by atoms with Crippen LogP contribution in [0.4, 0.5) is 26.3 Å². The molecule has 2 aromatic rings. The van der Waals surface area contributed by atoms with Crippen molar-refractivity contribution < 1.29 is 31.1 Å². The van der Waals surface area contributed by atoms with Crippen molar-refractivity contribution in [1.82, 2.24) is 0 Å². The van der Waals surface area contributed by atoms with Gasteiger partial charge in [0, 0.05) is 0 Å². The first kappa shape index (κ1) is 20.5. The Labute approximate surface area is 152 Å². The Morgan fingerprint density at radius 1 is 0.769 bits per heavy atom. The molecule has 0 fully saturated rings. The second kappa shape index (κ2) is 7.08. The van der Waals surface area contributed by atoms with E-state index in [9.17, 15) is 31.1 Å². The quantitative estimate of drug-likeness (QED) is 0.466. The summed E-state index contributed by atoms with van der Waals surface area (Å²) in [4.78, 5) is 12.6. The summed E-state index contributed by atoms with van der Waals surface area (Å²) in [5.74, 6) is 1.58. The second-order valence-corrected chi connectivity index (χ2v) is 7.41. The van der Waals surface area contributed by atoms with E-state index in [1.165, 1.54) is 19.1 Å². The molecule has 0 aromatic heterocycles. The van der Waals surface area contributed by atoms with Gasteiger partial charge in [-0.3, -0.25) is 0 Å². The van der Waals surface area contributed by atoms with Crippen molar-refractivity contribution >= 4 is 19.6 Å². The van der Waals surface area contributed by atoms with Gasteiger partial charge in [-0.15, -0.1) is 0 Å². The van der Waals surface area contributed by atoms with Crippen LogP contribution in [0, 0.1) is 0 Å². The van der Waals surface area contributed by atoms with E-state index < -0.39 is 48.5 Å². The van der Waals surface area contributed by atoms with Crippen LogP contribution in [0.5, 0.6) is 0 Å². The molecular weight excluding hydrogens is 425 g/mol. The Morgan fingerprint density at radius 2 is 1.12 bits per heavy atom. The Balaban J connectivity index is 2.70.